The zero-order valence-electron chi connectivity index (χ0n) is 12.1. The van der Waals surface area contributed by atoms with Crippen molar-refractivity contribution >= 4 is 23.3 Å². The topological polar surface area (TPSA) is 43.8 Å². The van der Waals surface area contributed by atoms with Crippen LogP contribution in [0, 0.1) is 0 Å². The molecule has 4 nitrogen and oxygen atoms in total. The standard InChI is InChI=1S/C15H21ClN2O2/c1-4-18-10(2)8-17(9-11(18)3)12-5-6-13(15(19)20)14(16)7-12/h5-7,10-11H,4,8-9H2,1-3H3,(H,19,20)/t10-,11+. The highest BCUT2D eigenvalue weighted by Crippen LogP contribution is 2.27. The van der Waals surface area contributed by atoms with Gasteiger partial charge in [-0.3, -0.25) is 4.90 Å². The molecule has 0 unspecified atom stereocenters. The van der Waals surface area contributed by atoms with Crippen LogP contribution in [-0.2, 0) is 0 Å². The molecular weight excluding hydrogens is 276 g/mol. The minimum Gasteiger partial charge on any atom is -0.478 e. The van der Waals surface area contributed by atoms with Gasteiger partial charge in [0.1, 0.15) is 0 Å². The molecule has 1 aromatic rings. The van der Waals surface area contributed by atoms with Crippen LogP contribution >= 0.6 is 11.6 Å². The van der Waals surface area contributed by atoms with Crippen molar-refractivity contribution in [2.24, 2.45) is 0 Å². The fourth-order valence-corrected chi connectivity index (χ4v) is 3.32. The van der Waals surface area contributed by atoms with Crippen molar-refractivity contribution in [3.05, 3.63) is 28.8 Å². The van der Waals surface area contributed by atoms with E-state index in [2.05, 4.69) is 30.6 Å². The van der Waals surface area contributed by atoms with Gasteiger partial charge in [-0.25, -0.2) is 4.79 Å². The van der Waals surface area contributed by atoms with Gasteiger partial charge in [-0.1, -0.05) is 18.5 Å². The average molecular weight is 297 g/mol. The van der Waals surface area contributed by atoms with Crippen molar-refractivity contribution in [2.75, 3.05) is 24.5 Å². The van der Waals surface area contributed by atoms with E-state index in [0.717, 1.165) is 25.3 Å². The molecule has 20 heavy (non-hydrogen) atoms. The lowest BCUT2D eigenvalue weighted by atomic mass is 10.1. The fourth-order valence-electron chi connectivity index (χ4n) is 3.06. The van der Waals surface area contributed by atoms with Gasteiger partial charge in [-0.15, -0.1) is 0 Å². The summed E-state index contributed by atoms with van der Waals surface area (Å²) < 4.78 is 0. The zero-order valence-corrected chi connectivity index (χ0v) is 12.9. The van der Waals surface area contributed by atoms with Crippen LogP contribution in [0.3, 0.4) is 0 Å². The predicted molar refractivity (Wildman–Crippen MR) is 81.9 cm³/mol. The van der Waals surface area contributed by atoms with Crippen molar-refractivity contribution in [1.82, 2.24) is 4.90 Å². The zero-order chi connectivity index (χ0) is 14.9. The Hall–Kier alpha value is -1.26. The van der Waals surface area contributed by atoms with Crippen LogP contribution in [0.15, 0.2) is 18.2 Å². The maximum Gasteiger partial charge on any atom is 0.337 e. The molecule has 110 valence electrons. The van der Waals surface area contributed by atoms with Crippen LogP contribution < -0.4 is 4.90 Å². The lowest BCUT2D eigenvalue weighted by molar-refractivity contribution is 0.0697. The van der Waals surface area contributed by atoms with Gasteiger partial charge in [-0.05, 0) is 38.6 Å². The first-order chi connectivity index (χ1) is 9.43. The monoisotopic (exact) mass is 296 g/mol. The van der Waals surface area contributed by atoms with Gasteiger partial charge in [-0.2, -0.15) is 0 Å². The van der Waals surface area contributed by atoms with E-state index in [9.17, 15) is 4.79 Å². The predicted octanol–water partition coefficient (Wildman–Crippen LogP) is 2.96. The molecule has 2 rings (SSSR count). The summed E-state index contributed by atoms with van der Waals surface area (Å²) in [6, 6.07) is 6.13. The van der Waals surface area contributed by atoms with E-state index in [0.29, 0.717) is 17.1 Å². The summed E-state index contributed by atoms with van der Waals surface area (Å²) in [6.07, 6.45) is 0. The number of aromatic carboxylic acids is 1. The van der Waals surface area contributed by atoms with Crippen LogP contribution in [0.1, 0.15) is 31.1 Å². The fraction of sp³-hybridized carbons (Fsp3) is 0.533. The molecule has 0 bridgehead atoms. The minimum atomic E-state index is -0.987. The summed E-state index contributed by atoms with van der Waals surface area (Å²) in [6.45, 7) is 9.54. The Kier molecular flexibility index (Phi) is 4.55. The van der Waals surface area contributed by atoms with E-state index in [1.54, 1.807) is 12.1 Å². The average Bonchev–Trinajstić information content (AvgIpc) is 2.37. The molecule has 0 aliphatic carbocycles. The third-order valence-corrected chi connectivity index (χ3v) is 4.33. The first-order valence-corrected chi connectivity index (χ1v) is 7.35. The lowest BCUT2D eigenvalue weighted by Crippen LogP contribution is -2.56. The molecule has 1 aliphatic heterocycles. The molecular formula is C15H21ClN2O2. The third-order valence-electron chi connectivity index (χ3n) is 4.01. The number of nitrogens with zero attached hydrogens (tertiary/aromatic N) is 2. The molecule has 0 amide bonds. The Bertz CT molecular complexity index is 495. The Morgan fingerprint density at radius 1 is 1.35 bits per heavy atom. The number of carboxylic acids is 1. The van der Waals surface area contributed by atoms with Gasteiger partial charge in [0.2, 0.25) is 0 Å². The van der Waals surface area contributed by atoms with E-state index >= 15 is 0 Å². The molecule has 0 spiro atoms. The second-order valence-electron chi connectivity index (χ2n) is 5.40. The molecule has 1 N–H and O–H groups in total. The quantitative estimate of drug-likeness (QED) is 0.931. The highest BCUT2D eigenvalue weighted by atomic mass is 35.5. The van der Waals surface area contributed by atoms with Crippen molar-refractivity contribution in [3.8, 4) is 0 Å². The molecule has 2 atom stereocenters. The number of carboxylic acid groups (broad SMARTS) is 1. The number of benzene rings is 1. The van der Waals surface area contributed by atoms with Crippen molar-refractivity contribution < 1.29 is 9.90 Å². The summed E-state index contributed by atoms with van der Waals surface area (Å²) >= 11 is 6.05. The van der Waals surface area contributed by atoms with Crippen LogP contribution in [0.25, 0.3) is 0 Å². The first kappa shape index (κ1) is 15.1. The molecule has 0 saturated carbocycles. The second-order valence-corrected chi connectivity index (χ2v) is 5.81. The van der Waals surface area contributed by atoms with Crippen molar-refractivity contribution in [2.45, 2.75) is 32.9 Å². The van der Waals surface area contributed by atoms with Gasteiger partial charge in [0.05, 0.1) is 10.6 Å². The molecule has 1 fully saturated rings. The SMILES string of the molecule is CCN1[C@H](C)CN(c2ccc(C(=O)O)c(Cl)c2)C[C@@H]1C. The molecule has 5 heteroatoms. The first-order valence-electron chi connectivity index (χ1n) is 6.97. The van der Waals surface area contributed by atoms with Crippen LogP contribution in [0.4, 0.5) is 5.69 Å². The molecule has 0 aromatic heterocycles. The molecule has 1 saturated heterocycles. The summed E-state index contributed by atoms with van der Waals surface area (Å²) in [5.74, 6) is -0.987. The molecule has 0 radical (unpaired) electrons. The Morgan fingerprint density at radius 3 is 2.40 bits per heavy atom. The maximum absolute atomic E-state index is 11.0. The van der Waals surface area contributed by atoms with Gasteiger partial charge >= 0.3 is 5.97 Å². The van der Waals surface area contributed by atoms with Crippen LogP contribution in [0.2, 0.25) is 5.02 Å². The largest absolute Gasteiger partial charge is 0.478 e. The van der Waals surface area contributed by atoms with E-state index < -0.39 is 5.97 Å². The number of likely N-dealkylation sites (N-methyl/N-ethyl adjacent to an activating group) is 1. The van der Waals surface area contributed by atoms with Crippen molar-refractivity contribution in [3.63, 3.8) is 0 Å². The highest BCUT2D eigenvalue weighted by molar-refractivity contribution is 6.33. The minimum absolute atomic E-state index is 0.156. The normalized spacial score (nSPS) is 23.9. The third kappa shape index (κ3) is 2.91. The highest BCUT2D eigenvalue weighted by Gasteiger charge is 2.28. The Morgan fingerprint density at radius 2 is 1.95 bits per heavy atom. The number of halogens is 1. The molecule has 1 aliphatic rings. The van der Waals surface area contributed by atoms with Crippen LogP contribution in [-0.4, -0.2) is 47.7 Å². The van der Waals surface area contributed by atoms with E-state index in [4.69, 9.17) is 16.7 Å². The number of piperazine rings is 1. The summed E-state index contributed by atoms with van der Waals surface area (Å²) in [4.78, 5) is 15.7. The van der Waals surface area contributed by atoms with Gasteiger partial charge in [0, 0.05) is 30.9 Å². The van der Waals surface area contributed by atoms with Gasteiger partial charge in [0.15, 0.2) is 0 Å². The maximum atomic E-state index is 11.0. The Balaban J connectivity index is 2.21. The number of hydrogen-bond acceptors (Lipinski definition) is 3. The number of hydrogen-bond donors (Lipinski definition) is 1. The second kappa shape index (κ2) is 6.02. The number of carbonyl (C=O) groups is 1. The van der Waals surface area contributed by atoms with Gasteiger partial charge < -0.3 is 10.0 Å². The van der Waals surface area contributed by atoms with E-state index in [-0.39, 0.29) is 5.56 Å². The number of rotatable bonds is 3. The number of anilines is 1. The Labute approximate surface area is 124 Å². The van der Waals surface area contributed by atoms with Gasteiger partial charge in [0.25, 0.3) is 0 Å². The summed E-state index contributed by atoms with van der Waals surface area (Å²) in [7, 11) is 0. The lowest BCUT2D eigenvalue weighted by Gasteiger charge is -2.45. The molecule has 1 aromatic carbocycles. The smallest absolute Gasteiger partial charge is 0.337 e. The molecule has 1 heterocycles. The van der Waals surface area contributed by atoms with Crippen molar-refractivity contribution in [1.29, 1.82) is 0 Å². The summed E-state index contributed by atoms with van der Waals surface area (Å²) in [5, 5.41) is 9.31. The van der Waals surface area contributed by atoms with E-state index in [1.165, 1.54) is 0 Å². The summed E-state index contributed by atoms with van der Waals surface area (Å²) in [5.41, 5.74) is 1.15. The van der Waals surface area contributed by atoms with Crippen LogP contribution in [0.5, 0.6) is 0 Å². The van der Waals surface area contributed by atoms with E-state index in [1.807, 2.05) is 6.07 Å².